The third-order valence-electron chi connectivity index (χ3n) is 3.28. The van der Waals surface area contributed by atoms with Gasteiger partial charge in [0.05, 0.1) is 30.3 Å². The van der Waals surface area contributed by atoms with Crippen molar-refractivity contribution in [2.75, 3.05) is 25.1 Å². The van der Waals surface area contributed by atoms with Gasteiger partial charge in [0.2, 0.25) is 0 Å². The Balaban J connectivity index is 1.67. The molecule has 0 bridgehead atoms. The van der Waals surface area contributed by atoms with Gasteiger partial charge in [-0.15, -0.1) is 0 Å². The second-order valence-electron chi connectivity index (χ2n) is 5.34. The lowest BCUT2D eigenvalue weighted by Crippen LogP contribution is -2.21. The molecule has 2 rings (SSSR count). The number of esters is 1. The molecule has 8 heteroatoms. The number of nitrogens with one attached hydrogen (secondary N) is 1. The van der Waals surface area contributed by atoms with Crippen LogP contribution < -0.4 is 14.8 Å². The van der Waals surface area contributed by atoms with Crippen LogP contribution in [0.1, 0.15) is 13.3 Å². The summed E-state index contributed by atoms with van der Waals surface area (Å²) in [6.07, 6.45) is -0.0161. The molecule has 0 saturated heterocycles. The number of hydrogen-bond donors (Lipinski definition) is 1. The van der Waals surface area contributed by atoms with Crippen LogP contribution in [0.5, 0.6) is 11.5 Å². The van der Waals surface area contributed by atoms with Crippen LogP contribution in [0.4, 0.5) is 10.1 Å². The molecule has 6 nitrogen and oxygen atoms in total. The lowest BCUT2D eigenvalue weighted by molar-refractivity contribution is -0.147. The molecule has 0 spiro atoms. The van der Waals surface area contributed by atoms with Gasteiger partial charge in [-0.05, 0) is 49.4 Å². The van der Waals surface area contributed by atoms with E-state index < -0.39 is 24.3 Å². The summed E-state index contributed by atoms with van der Waals surface area (Å²) in [5.41, 5.74) is 0.234. The van der Waals surface area contributed by atoms with E-state index in [9.17, 15) is 14.0 Å². The molecule has 0 aliphatic carbocycles. The molecule has 0 atom stereocenters. The van der Waals surface area contributed by atoms with Gasteiger partial charge in [0.25, 0.3) is 5.91 Å². The Hall–Kier alpha value is -2.80. The number of carbonyl (C=O) groups is 2. The molecule has 0 unspecified atom stereocenters. The highest BCUT2D eigenvalue weighted by atomic mass is 35.5. The summed E-state index contributed by atoms with van der Waals surface area (Å²) >= 11 is 5.80. The van der Waals surface area contributed by atoms with Crippen LogP contribution >= 0.6 is 11.6 Å². The Kier molecular flexibility index (Phi) is 7.88. The van der Waals surface area contributed by atoms with E-state index in [1.807, 2.05) is 6.92 Å². The van der Waals surface area contributed by atoms with Crippen LogP contribution in [0, 0.1) is 5.82 Å². The standard InChI is InChI=1S/C19H19ClFNO5/c1-2-25-14-4-6-15(7-5-14)26-10-9-19(24)27-12-18(23)22-17-8-3-13(21)11-16(17)20/h3-8,11H,2,9-10,12H2,1H3,(H,22,23). The number of anilines is 1. The molecule has 0 heterocycles. The van der Waals surface area contributed by atoms with Crippen LogP contribution in [0.2, 0.25) is 5.02 Å². The van der Waals surface area contributed by atoms with Crippen LogP contribution in [-0.4, -0.2) is 31.7 Å². The van der Waals surface area contributed by atoms with Crippen LogP contribution in [0.15, 0.2) is 42.5 Å². The number of hydrogen-bond acceptors (Lipinski definition) is 5. The summed E-state index contributed by atoms with van der Waals surface area (Å²) in [7, 11) is 0. The average molecular weight is 396 g/mol. The summed E-state index contributed by atoms with van der Waals surface area (Å²) in [4.78, 5) is 23.4. The summed E-state index contributed by atoms with van der Waals surface area (Å²) in [5, 5.41) is 2.49. The maximum atomic E-state index is 12.9. The van der Waals surface area contributed by atoms with Crippen molar-refractivity contribution in [1.29, 1.82) is 0 Å². The molecule has 0 fully saturated rings. The van der Waals surface area contributed by atoms with Gasteiger partial charge in [0.15, 0.2) is 6.61 Å². The number of benzene rings is 2. The van der Waals surface area contributed by atoms with Gasteiger partial charge in [-0.25, -0.2) is 4.39 Å². The van der Waals surface area contributed by atoms with Crippen molar-refractivity contribution in [3.05, 3.63) is 53.3 Å². The lowest BCUT2D eigenvalue weighted by atomic mass is 10.3. The highest BCUT2D eigenvalue weighted by Crippen LogP contribution is 2.22. The molecule has 0 saturated carbocycles. The summed E-state index contributed by atoms with van der Waals surface area (Å²) < 4.78 is 28.6. The zero-order valence-electron chi connectivity index (χ0n) is 14.7. The number of carbonyl (C=O) groups excluding carboxylic acids is 2. The predicted octanol–water partition coefficient (Wildman–Crippen LogP) is 3.83. The number of rotatable bonds is 9. The maximum absolute atomic E-state index is 12.9. The Bertz CT molecular complexity index is 782. The van der Waals surface area contributed by atoms with Crippen molar-refractivity contribution >= 4 is 29.2 Å². The number of halogens is 2. The minimum atomic E-state index is -0.582. The van der Waals surface area contributed by atoms with Crippen molar-refractivity contribution in [2.24, 2.45) is 0 Å². The van der Waals surface area contributed by atoms with Gasteiger partial charge in [-0.3, -0.25) is 9.59 Å². The zero-order valence-corrected chi connectivity index (χ0v) is 15.4. The molecular formula is C19H19ClFNO5. The monoisotopic (exact) mass is 395 g/mol. The maximum Gasteiger partial charge on any atom is 0.309 e. The largest absolute Gasteiger partial charge is 0.494 e. The summed E-state index contributed by atoms with van der Waals surface area (Å²) in [5.74, 6) is -0.353. The second kappa shape index (κ2) is 10.4. The van der Waals surface area contributed by atoms with Crippen molar-refractivity contribution in [2.45, 2.75) is 13.3 Å². The molecule has 27 heavy (non-hydrogen) atoms. The zero-order chi connectivity index (χ0) is 19.6. The van der Waals surface area contributed by atoms with Gasteiger partial charge in [-0.1, -0.05) is 11.6 Å². The molecule has 0 radical (unpaired) electrons. The molecule has 2 aromatic carbocycles. The molecule has 0 aliphatic rings. The minimum Gasteiger partial charge on any atom is -0.494 e. The molecule has 1 N–H and O–H groups in total. The van der Waals surface area contributed by atoms with E-state index in [1.165, 1.54) is 6.07 Å². The Morgan fingerprint density at radius 3 is 2.37 bits per heavy atom. The van der Waals surface area contributed by atoms with E-state index in [0.717, 1.165) is 17.9 Å². The Labute approximate surface area is 161 Å². The highest BCUT2D eigenvalue weighted by Gasteiger charge is 2.10. The lowest BCUT2D eigenvalue weighted by Gasteiger charge is -2.09. The predicted molar refractivity (Wildman–Crippen MR) is 98.7 cm³/mol. The van der Waals surface area contributed by atoms with E-state index in [-0.39, 0.29) is 23.7 Å². The smallest absolute Gasteiger partial charge is 0.309 e. The van der Waals surface area contributed by atoms with Gasteiger partial charge < -0.3 is 19.5 Å². The molecule has 0 aliphatic heterocycles. The van der Waals surface area contributed by atoms with Crippen molar-refractivity contribution in [1.82, 2.24) is 0 Å². The van der Waals surface area contributed by atoms with E-state index in [0.29, 0.717) is 12.4 Å². The first-order chi connectivity index (χ1) is 13.0. The van der Waals surface area contributed by atoms with Crippen molar-refractivity contribution < 1.29 is 28.2 Å². The molecule has 1 amide bonds. The molecular weight excluding hydrogens is 377 g/mol. The van der Waals surface area contributed by atoms with Gasteiger partial charge in [0, 0.05) is 0 Å². The summed E-state index contributed by atoms with van der Waals surface area (Å²) in [6.45, 7) is 2.10. The minimum absolute atomic E-state index is 0.0161. The van der Waals surface area contributed by atoms with Crippen molar-refractivity contribution in [3.63, 3.8) is 0 Å². The van der Waals surface area contributed by atoms with Gasteiger partial charge in [0.1, 0.15) is 17.3 Å². The van der Waals surface area contributed by atoms with Crippen LogP contribution in [-0.2, 0) is 14.3 Å². The molecule has 0 aromatic heterocycles. The summed E-state index contributed by atoms with van der Waals surface area (Å²) in [6, 6.07) is 10.5. The number of amides is 1. The van der Waals surface area contributed by atoms with E-state index >= 15 is 0 Å². The van der Waals surface area contributed by atoms with E-state index in [2.05, 4.69) is 5.32 Å². The topological polar surface area (TPSA) is 73.9 Å². The van der Waals surface area contributed by atoms with Crippen LogP contribution in [0.3, 0.4) is 0 Å². The molecule has 2 aromatic rings. The Morgan fingerprint density at radius 2 is 1.74 bits per heavy atom. The SMILES string of the molecule is CCOc1ccc(OCCC(=O)OCC(=O)Nc2ccc(F)cc2Cl)cc1. The van der Waals surface area contributed by atoms with E-state index in [4.69, 9.17) is 25.8 Å². The van der Waals surface area contributed by atoms with Crippen LogP contribution in [0.25, 0.3) is 0 Å². The fraction of sp³-hybridized carbons (Fsp3) is 0.263. The second-order valence-corrected chi connectivity index (χ2v) is 5.74. The quantitative estimate of drug-likeness (QED) is 0.653. The first-order valence-electron chi connectivity index (χ1n) is 8.24. The van der Waals surface area contributed by atoms with E-state index in [1.54, 1.807) is 24.3 Å². The Morgan fingerprint density at radius 1 is 1.07 bits per heavy atom. The third kappa shape index (κ3) is 7.15. The normalized spacial score (nSPS) is 10.2. The van der Waals surface area contributed by atoms with Gasteiger partial charge in [-0.2, -0.15) is 0 Å². The third-order valence-corrected chi connectivity index (χ3v) is 3.59. The number of ether oxygens (including phenoxy) is 3. The highest BCUT2D eigenvalue weighted by molar-refractivity contribution is 6.33. The average Bonchev–Trinajstić information content (AvgIpc) is 2.64. The fourth-order valence-electron chi connectivity index (χ4n) is 2.05. The van der Waals surface area contributed by atoms with Gasteiger partial charge >= 0.3 is 5.97 Å². The first-order valence-corrected chi connectivity index (χ1v) is 8.62. The molecule has 144 valence electrons. The first kappa shape index (κ1) is 20.5. The fourth-order valence-corrected chi connectivity index (χ4v) is 2.26. The van der Waals surface area contributed by atoms with Crippen molar-refractivity contribution in [3.8, 4) is 11.5 Å².